The number of urea groups is 1. The summed E-state index contributed by atoms with van der Waals surface area (Å²) in [5.74, 6) is 0.429. The van der Waals surface area contributed by atoms with Gasteiger partial charge in [0.2, 0.25) is 5.01 Å². The molecule has 8 nitrogen and oxygen atoms in total. The zero-order chi connectivity index (χ0) is 23.4. The number of amides is 3. The molecule has 0 aliphatic carbocycles. The molecule has 1 atom stereocenters. The molecule has 1 aromatic heterocycles. The molecule has 172 valence electrons. The van der Waals surface area contributed by atoms with Crippen LogP contribution in [0, 0.1) is 6.92 Å². The topological polar surface area (TPSA) is 96.4 Å². The van der Waals surface area contributed by atoms with Crippen molar-refractivity contribution in [1.82, 2.24) is 15.1 Å². The number of rotatable bonds is 5. The number of piperidine rings is 1. The highest BCUT2D eigenvalue weighted by Gasteiger charge is 2.28. The highest BCUT2D eigenvalue weighted by atomic mass is 35.5. The van der Waals surface area contributed by atoms with Crippen molar-refractivity contribution in [2.75, 3.05) is 30.8 Å². The Morgan fingerprint density at radius 2 is 1.94 bits per heavy atom. The first kappa shape index (κ1) is 23.0. The van der Waals surface area contributed by atoms with Gasteiger partial charge in [-0.3, -0.25) is 4.79 Å². The molecule has 3 aromatic rings. The Labute approximate surface area is 200 Å². The number of methoxy groups -OCH3 is 1. The molecule has 1 unspecified atom stereocenters. The Kier molecular flexibility index (Phi) is 7.10. The van der Waals surface area contributed by atoms with Gasteiger partial charge >= 0.3 is 6.03 Å². The molecule has 1 fully saturated rings. The zero-order valence-corrected chi connectivity index (χ0v) is 19.9. The van der Waals surface area contributed by atoms with Gasteiger partial charge in [0.1, 0.15) is 10.8 Å². The van der Waals surface area contributed by atoms with Gasteiger partial charge in [0.05, 0.1) is 7.11 Å². The molecule has 0 spiro atoms. The Balaban J connectivity index is 1.38. The van der Waals surface area contributed by atoms with Crippen LogP contribution in [0.15, 0.2) is 42.5 Å². The Hall–Kier alpha value is -3.17. The highest BCUT2D eigenvalue weighted by Crippen LogP contribution is 2.30. The van der Waals surface area contributed by atoms with Gasteiger partial charge in [0.25, 0.3) is 5.91 Å². The van der Waals surface area contributed by atoms with Crippen molar-refractivity contribution >= 4 is 46.3 Å². The van der Waals surface area contributed by atoms with E-state index in [1.54, 1.807) is 48.4 Å². The van der Waals surface area contributed by atoms with Crippen molar-refractivity contribution in [3.8, 4) is 5.75 Å². The number of likely N-dealkylation sites (tertiary alicyclic amines) is 1. The number of hydrogen-bond donors (Lipinski definition) is 2. The summed E-state index contributed by atoms with van der Waals surface area (Å²) < 4.78 is 5.13. The molecule has 1 aliphatic rings. The number of aryl methyl sites for hydroxylation is 1. The molecule has 0 radical (unpaired) electrons. The Bertz CT molecular complexity index is 1150. The summed E-state index contributed by atoms with van der Waals surface area (Å²) >= 11 is 7.33. The van der Waals surface area contributed by atoms with E-state index >= 15 is 0 Å². The van der Waals surface area contributed by atoms with Gasteiger partial charge in [-0.1, -0.05) is 29.0 Å². The van der Waals surface area contributed by atoms with Crippen LogP contribution in [0.4, 0.5) is 16.2 Å². The second-order valence-corrected chi connectivity index (χ2v) is 9.25. The average molecular weight is 486 g/mol. The summed E-state index contributed by atoms with van der Waals surface area (Å²) in [6.45, 7) is 3.09. The predicted octanol–water partition coefficient (Wildman–Crippen LogP) is 5.17. The molecular formula is C23H24ClN5O3S. The summed E-state index contributed by atoms with van der Waals surface area (Å²) in [5.41, 5.74) is 2.29. The SMILES string of the molecule is COc1ccc(NC(=O)c2nnc(C3CCCN(C(=O)Nc4cc(Cl)ccc4C)C3)s2)cc1. The molecule has 33 heavy (non-hydrogen) atoms. The van der Waals surface area contributed by atoms with E-state index in [4.69, 9.17) is 16.3 Å². The van der Waals surface area contributed by atoms with Crippen LogP contribution in [0.1, 0.15) is 39.1 Å². The maximum absolute atomic E-state index is 12.8. The molecule has 2 heterocycles. The third-order valence-electron chi connectivity index (χ3n) is 5.48. The Morgan fingerprint density at radius 1 is 1.15 bits per heavy atom. The number of benzene rings is 2. The molecule has 10 heteroatoms. The first-order valence-corrected chi connectivity index (χ1v) is 11.7. The lowest BCUT2D eigenvalue weighted by atomic mass is 9.99. The number of aromatic nitrogens is 2. The first-order valence-electron chi connectivity index (χ1n) is 10.5. The smallest absolute Gasteiger partial charge is 0.321 e. The molecule has 0 bridgehead atoms. The summed E-state index contributed by atoms with van der Waals surface area (Å²) in [4.78, 5) is 27.2. The summed E-state index contributed by atoms with van der Waals surface area (Å²) in [6, 6.07) is 12.3. The maximum atomic E-state index is 12.8. The molecule has 1 aliphatic heterocycles. The Morgan fingerprint density at radius 3 is 2.70 bits per heavy atom. The van der Waals surface area contributed by atoms with Crippen molar-refractivity contribution in [2.45, 2.75) is 25.7 Å². The number of carbonyl (C=O) groups excluding carboxylic acids is 2. The van der Waals surface area contributed by atoms with Crippen LogP contribution < -0.4 is 15.4 Å². The molecule has 3 amide bonds. The van der Waals surface area contributed by atoms with E-state index in [9.17, 15) is 9.59 Å². The van der Waals surface area contributed by atoms with Crippen molar-refractivity contribution in [3.63, 3.8) is 0 Å². The quantitative estimate of drug-likeness (QED) is 0.519. The van der Waals surface area contributed by atoms with E-state index in [0.717, 1.165) is 23.4 Å². The number of hydrogen-bond acceptors (Lipinski definition) is 6. The van der Waals surface area contributed by atoms with E-state index < -0.39 is 0 Å². The van der Waals surface area contributed by atoms with E-state index in [2.05, 4.69) is 20.8 Å². The van der Waals surface area contributed by atoms with Crippen LogP contribution in [-0.2, 0) is 0 Å². The number of halogens is 1. The van der Waals surface area contributed by atoms with Crippen LogP contribution >= 0.6 is 22.9 Å². The lowest BCUT2D eigenvalue weighted by Crippen LogP contribution is -2.41. The minimum Gasteiger partial charge on any atom is -0.497 e. The minimum absolute atomic E-state index is 0.0324. The average Bonchev–Trinajstić information content (AvgIpc) is 3.33. The van der Waals surface area contributed by atoms with Crippen LogP contribution in [-0.4, -0.2) is 47.2 Å². The standard InChI is InChI=1S/C23H24ClN5O3S/c1-14-5-6-16(24)12-19(14)26-23(31)29-11-3-4-15(13-29)21-27-28-22(33-21)20(30)25-17-7-9-18(32-2)10-8-17/h5-10,12,15H,3-4,11,13H2,1-2H3,(H,25,30)(H,26,31). The fraction of sp³-hybridized carbons (Fsp3) is 0.304. The van der Waals surface area contributed by atoms with Gasteiger partial charge in [-0.2, -0.15) is 0 Å². The van der Waals surface area contributed by atoms with E-state index in [1.165, 1.54) is 11.3 Å². The van der Waals surface area contributed by atoms with Gasteiger partial charge in [-0.15, -0.1) is 10.2 Å². The maximum Gasteiger partial charge on any atom is 0.321 e. The normalized spacial score (nSPS) is 15.7. The van der Waals surface area contributed by atoms with Gasteiger partial charge in [-0.05, 0) is 61.7 Å². The molecule has 2 aromatic carbocycles. The predicted molar refractivity (Wildman–Crippen MR) is 130 cm³/mol. The highest BCUT2D eigenvalue weighted by molar-refractivity contribution is 7.13. The second-order valence-electron chi connectivity index (χ2n) is 7.80. The van der Waals surface area contributed by atoms with Crippen molar-refractivity contribution < 1.29 is 14.3 Å². The summed E-state index contributed by atoms with van der Waals surface area (Å²) in [6.07, 6.45) is 1.73. The van der Waals surface area contributed by atoms with Crippen LogP contribution in [0.2, 0.25) is 5.02 Å². The molecule has 1 saturated heterocycles. The number of carbonyl (C=O) groups is 2. The van der Waals surface area contributed by atoms with Crippen molar-refractivity contribution in [2.24, 2.45) is 0 Å². The van der Waals surface area contributed by atoms with Gasteiger partial charge in [0, 0.05) is 35.4 Å². The number of nitrogens with one attached hydrogen (secondary N) is 2. The largest absolute Gasteiger partial charge is 0.497 e. The molecular weight excluding hydrogens is 462 g/mol. The lowest BCUT2D eigenvalue weighted by molar-refractivity contribution is 0.102. The van der Waals surface area contributed by atoms with E-state index in [1.807, 2.05) is 13.0 Å². The second kappa shape index (κ2) is 10.2. The van der Waals surface area contributed by atoms with Crippen LogP contribution in [0.5, 0.6) is 5.75 Å². The third kappa shape index (κ3) is 5.61. The minimum atomic E-state index is -0.314. The molecule has 2 N–H and O–H groups in total. The number of anilines is 2. The summed E-state index contributed by atoms with van der Waals surface area (Å²) in [7, 11) is 1.59. The van der Waals surface area contributed by atoms with E-state index in [-0.39, 0.29) is 22.9 Å². The first-order chi connectivity index (χ1) is 15.9. The van der Waals surface area contributed by atoms with Crippen LogP contribution in [0.3, 0.4) is 0 Å². The number of ether oxygens (including phenoxy) is 1. The number of nitrogens with zero attached hydrogens (tertiary/aromatic N) is 3. The van der Waals surface area contributed by atoms with Crippen molar-refractivity contribution in [1.29, 1.82) is 0 Å². The van der Waals surface area contributed by atoms with Crippen molar-refractivity contribution in [3.05, 3.63) is 63.1 Å². The zero-order valence-electron chi connectivity index (χ0n) is 18.3. The molecule has 4 rings (SSSR count). The van der Waals surface area contributed by atoms with Gasteiger partial charge in [-0.25, -0.2) is 4.79 Å². The van der Waals surface area contributed by atoms with E-state index in [0.29, 0.717) is 35.2 Å². The van der Waals surface area contributed by atoms with Gasteiger partial charge < -0.3 is 20.3 Å². The fourth-order valence-electron chi connectivity index (χ4n) is 3.64. The summed E-state index contributed by atoms with van der Waals surface area (Å²) in [5, 5.41) is 15.7. The van der Waals surface area contributed by atoms with Crippen LogP contribution in [0.25, 0.3) is 0 Å². The lowest BCUT2D eigenvalue weighted by Gasteiger charge is -2.31. The monoisotopic (exact) mass is 485 g/mol. The fourth-order valence-corrected chi connectivity index (χ4v) is 4.67. The van der Waals surface area contributed by atoms with Gasteiger partial charge in [0.15, 0.2) is 0 Å². The molecule has 0 saturated carbocycles. The third-order valence-corrected chi connectivity index (χ3v) is 6.80.